The molecule has 0 saturated carbocycles. The molecule has 1 nitrogen and oxygen atoms in total. The van der Waals surface area contributed by atoms with Crippen LogP contribution in [0.3, 0.4) is 0 Å². The van der Waals surface area contributed by atoms with Crippen LogP contribution in [0.1, 0.15) is 33.9 Å². The second kappa shape index (κ2) is 5.13. The fraction of sp³-hybridized carbons (Fsp3) is 0.250. The molecular weight excluding hydrogens is 242 g/mol. The van der Waals surface area contributed by atoms with Crippen LogP contribution in [0, 0.1) is 20.8 Å². The van der Waals surface area contributed by atoms with Gasteiger partial charge in [0.1, 0.15) is 0 Å². The van der Waals surface area contributed by atoms with Crippen molar-refractivity contribution in [2.75, 3.05) is 0 Å². The summed E-state index contributed by atoms with van der Waals surface area (Å²) in [5.74, 6) is 0. The number of halogens is 1. The molecule has 1 atom stereocenters. The Morgan fingerprint density at radius 2 is 1.50 bits per heavy atom. The summed E-state index contributed by atoms with van der Waals surface area (Å²) >= 11 is 6.15. The molecule has 1 unspecified atom stereocenters. The summed E-state index contributed by atoms with van der Waals surface area (Å²) in [5.41, 5.74) is 12.0. The van der Waals surface area contributed by atoms with Crippen LogP contribution in [-0.2, 0) is 0 Å². The first-order chi connectivity index (χ1) is 8.47. The molecule has 0 bridgehead atoms. The van der Waals surface area contributed by atoms with Crippen LogP contribution < -0.4 is 5.73 Å². The number of aryl methyl sites for hydroxylation is 3. The molecule has 0 aliphatic rings. The summed E-state index contributed by atoms with van der Waals surface area (Å²) in [5, 5.41) is 0.771. The third kappa shape index (κ3) is 2.74. The smallest absolute Gasteiger partial charge is 0.0552 e. The summed E-state index contributed by atoms with van der Waals surface area (Å²) in [6, 6.07) is 12.3. The predicted molar refractivity (Wildman–Crippen MR) is 78.1 cm³/mol. The molecule has 0 fully saturated rings. The van der Waals surface area contributed by atoms with Crippen molar-refractivity contribution in [2.45, 2.75) is 26.8 Å². The molecule has 2 aromatic rings. The summed E-state index contributed by atoms with van der Waals surface area (Å²) in [6.45, 7) is 6.17. The fourth-order valence-corrected chi connectivity index (χ4v) is 2.37. The predicted octanol–water partition coefficient (Wildman–Crippen LogP) is 4.31. The largest absolute Gasteiger partial charge is 0.320 e. The molecule has 2 aromatic carbocycles. The lowest BCUT2D eigenvalue weighted by Crippen LogP contribution is -2.12. The second-order valence-electron chi connectivity index (χ2n) is 4.91. The topological polar surface area (TPSA) is 26.0 Å². The first kappa shape index (κ1) is 13.1. The van der Waals surface area contributed by atoms with Crippen LogP contribution in [0.2, 0.25) is 5.02 Å². The average Bonchev–Trinajstić information content (AvgIpc) is 2.30. The van der Waals surface area contributed by atoms with Gasteiger partial charge in [-0.2, -0.15) is 0 Å². The molecule has 0 spiro atoms. The van der Waals surface area contributed by atoms with Crippen molar-refractivity contribution in [3.8, 4) is 0 Å². The van der Waals surface area contributed by atoms with E-state index in [1.807, 2.05) is 25.1 Å². The van der Waals surface area contributed by atoms with Gasteiger partial charge in [0.2, 0.25) is 0 Å². The van der Waals surface area contributed by atoms with Crippen molar-refractivity contribution >= 4 is 11.6 Å². The van der Waals surface area contributed by atoms with Gasteiger partial charge in [-0.15, -0.1) is 0 Å². The Hall–Kier alpha value is -1.31. The van der Waals surface area contributed by atoms with Gasteiger partial charge in [0.05, 0.1) is 6.04 Å². The van der Waals surface area contributed by atoms with Crippen LogP contribution in [0.25, 0.3) is 0 Å². The summed E-state index contributed by atoms with van der Waals surface area (Å²) in [4.78, 5) is 0. The zero-order chi connectivity index (χ0) is 13.3. The van der Waals surface area contributed by atoms with Crippen LogP contribution in [0.5, 0.6) is 0 Å². The number of hydrogen-bond donors (Lipinski definition) is 1. The molecule has 0 aliphatic heterocycles. The minimum absolute atomic E-state index is 0.123. The Morgan fingerprint density at radius 3 is 2.06 bits per heavy atom. The van der Waals surface area contributed by atoms with E-state index in [0.29, 0.717) is 0 Å². The van der Waals surface area contributed by atoms with Crippen molar-refractivity contribution < 1.29 is 0 Å². The molecule has 0 heterocycles. The quantitative estimate of drug-likeness (QED) is 0.854. The van der Waals surface area contributed by atoms with Gasteiger partial charge in [-0.1, -0.05) is 53.1 Å². The Morgan fingerprint density at radius 1 is 0.889 bits per heavy atom. The van der Waals surface area contributed by atoms with E-state index in [-0.39, 0.29) is 6.04 Å². The molecule has 0 amide bonds. The molecule has 2 N–H and O–H groups in total. The number of hydrogen-bond acceptors (Lipinski definition) is 1. The lowest BCUT2D eigenvalue weighted by Gasteiger charge is -2.15. The van der Waals surface area contributed by atoms with Crippen LogP contribution in [0.15, 0.2) is 36.4 Å². The molecule has 0 saturated heterocycles. The summed E-state index contributed by atoms with van der Waals surface area (Å²) in [6.07, 6.45) is 0. The number of nitrogens with two attached hydrogens (primary N) is 1. The van der Waals surface area contributed by atoms with Gasteiger partial charge in [0.15, 0.2) is 0 Å². The Labute approximate surface area is 114 Å². The molecule has 0 aliphatic carbocycles. The van der Waals surface area contributed by atoms with Gasteiger partial charge in [-0.25, -0.2) is 0 Å². The maximum atomic E-state index is 6.31. The summed E-state index contributed by atoms with van der Waals surface area (Å²) < 4.78 is 0. The third-order valence-electron chi connectivity index (χ3n) is 3.16. The van der Waals surface area contributed by atoms with Crippen molar-refractivity contribution in [2.24, 2.45) is 5.73 Å². The molecule has 0 radical (unpaired) electrons. The highest BCUT2D eigenvalue weighted by molar-refractivity contribution is 6.31. The van der Waals surface area contributed by atoms with Crippen LogP contribution in [-0.4, -0.2) is 0 Å². The van der Waals surface area contributed by atoms with E-state index in [0.717, 1.165) is 21.7 Å². The third-order valence-corrected chi connectivity index (χ3v) is 3.57. The Kier molecular flexibility index (Phi) is 3.74. The molecule has 18 heavy (non-hydrogen) atoms. The maximum absolute atomic E-state index is 6.31. The fourth-order valence-electron chi connectivity index (χ4n) is 2.18. The van der Waals surface area contributed by atoms with Crippen LogP contribution in [0.4, 0.5) is 0 Å². The monoisotopic (exact) mass is 259 g/mol. The summed E-state index contributed by atoms with van der Waals surface area (Å²) in [7, 11) is 0. The van der Waals surface area contributed by atoms with Crippen molar-refractivity contribution in [3.63, 3.8) is 0 Å². The maximum Gasteiger partial charge on any atom is 0.0552 e. The molecule has 94 valence electrons. The van der Waals surface area contributed by atoms with Gasteiger partial charge >= 0.3 is 0 Å². The highest BCUT2D eigenvalue weighted by atomic mass is 35.5. The van der Waals surface area contributed by atoms with Gasteiger partial charge in [-0.3, -0.25) is 0 Å². The molecule has 0 aromatic heterocycles. The van der Waals surface area contributed by atoms with E-state index in [4.69, 9.17) is 17.3 Å². The minimum atomic E-state index is -0.123. The lowest BCUT2D eigenvalue weighted by molar-refractivity contribution is 0.867. The van der Waals surface area contributed by atoms with Gasteiger partial charge < -0.3 is 5.73 Å². The van der Waals surface area contributed by atoms with Gasteiger partial charge in [0, 0.05) is 5.02 Å². The highest BCUT2D eigenvalue weighted by Crippen LogP contribution is 2.25. The standard InChI is InChI=1S/C16H18ClN/c1-10-6-11(2)8-14(7-10)16(18)13-5-4-12(3)15(17)9-13/h4-9,16H,18H2,1-3H3. The molecule has 2 rings (SSSR count). The normalized spacial score (nSPS) is 12.5. The number of benzene rings is 2. The highest BCUT2D eigenvalue weighted by Gasteiger charge is 2.10. The van der Waals surface area contributed by atoms with Crippen LogP contribution >= 0.6 is 11.6 Å². The van der Waals surface area contributed by atoms with Gasteiger partial charge in [-0.05, 0) is 43.5 Å². The van der Waals surface area contributed by atoms with Crippen molar-refractivity contribution in [3.05, 3.63) is 69.2 Å². The minimum Gasteiger partial charge on any atom is -0.320 e. The molecule has 2 heteroatoms. The lowest BCUT2D eigenvalue weighted by atomic mass is 9.96. The van der Waals surface area contributed by atoms with Crippen molar-refractivity contribution in [1.29, 1.82) is 0 Å². The second-order valence-corrected chi connectivity index (χ2v) is 5.31. The van der Waals surface area contributed by atoms with E-state index in [1.54, 1.807) is 0 Å². The van der Waals surface area contributed by atoms with E-state index >= 15 is 0 Å². The average molecular weight is 260 g/mol. The molecular formula is C16H18ClN. The Bertz CT molecular complexity index is 555. The zero-order valence-corrected chi connectivity index (χ0v) is 11.8. The first-order valence-corrected chi connectivity index (χ1v) is 6.45. The Balaban J connectivity index is 2.40. The van der Waals surface area contributed by atoms with E-state index in [9.17, 15) is 0 Å². The number of rotatable bonds is 2. The van der Waals surface area contributed by atoms with E-state index in [1.165, 1.54) is 11.1 Å². The van der Waals surface area contributed by atoms with Gasteiger partial charge in [0.25, 0.3) is 0 Å². The first-order valence-electron chi connectivity index (χ1n) is 6.07. The SMILES string of the molecule is Cc1cc(C)cc(C(N)c2ccc(C)c(Cl)c2)c1. The van der Waals surface area contributed by atoms with E-state index < -0.39 is 0 Å². The van der Waals surface area contributed by atoms with Crippen molar-refractivity contribution in [1.82, 2.24) is 0 Å². The van der Waals surface area contributed by atoms with E-state index in [2.05, 4.69) is 32.0 Å². The zero-order valence-electron chi connectivity index (χ0n) is 11.0.